The monoisotopic (exact) mass is 302 g/mol. The van der Waals surface area contributed by atoms with E-state index in [0.717, 1.165) is 30.5 Å². The van der Waals surface area contributed by atoms with Crippen LogP contribution in [0.4, 0.5) is 0 Å². The molecule has 3 rings (SSSR count). The summed E-state index contributed by atoms with van der Waals surface area (Å²) in [5, 5.41) is 3.20. The van der Waals surface area contributed by atoms with Crippen LogP contribution in [0.5, 0.6) is 0 Å². The summed E-state index contributed by atoms with van der Waals surface area (Å²) < 4.78 is 0. The van der Waals surface area contributed by atoms with Gasteiger partial charge < -0.3 is 10.3 Å². The van der Waals surface area contributed by atoms with Crippen molar-refractivity contribution in [2.45, 2.75) is 64.3 Å². The van der Waals surface area contributed by atoms with Crippen molar-refractivity contribution < 1.29 is 4.79 Å². The Morgan fingerprint density at radius 2 is 2.05 bits per heavy atom. The van der Waals surface area contributed by atoms with Crippen LogP contribution in [-0.2, 0) is 11.2 Å². The van der Waals surface area contributed by atoms with Gasteiger partial charge in [0.1, 0.15) is 0 Å². The second-order valence-electron chi connectivity index (χ2n) is 6.99. The van der Waals surface area contributed by atoms with E-state index in [9.17, 15) is 9.59 Å². The lowest BCUT2D eigenvalue weighted by Gasteiger charge is -2.30. The minimum Gasteiger partial charge on any atom is -0.349 e. The Labute approximate surface area is 131 Å². The number of amides is 1. The van der Waals surface area contributed by atoms with Crippen LogP contribution in [0.25, 0.3) is 0 Å². The van der Waals surface area contributed by atoms with Gasteiger partial charge >= 0.3 is 0 Å². The molecular formula is C18H26N2O2. The molecular weight excluding hydrogens is 276 g/mol. The molecule has 120 valence electrons. The zero-order chi connectivity index (χ0) is 15.5. The molecule has 1 heterocycles. The molecule has 0 radical (unpaired) electrons. The Kier molecular flexibility index (Phi) is 4.65. The Morgan fingerprint density at radius 1 is 1.23 bits per heavy atom. The van der Waals surface area contributed by atoms with E-state index >= 15 is 0 Å². The van der Waals surface area contributed by atoms with Crippen molar-refractivity contribution in [3.8, 4) is 0 Å². The normalized spacial score (nSPS) is 28.0. The summed E-state index contributed by atoms with van der Waals surface area (Å²) in [6.45, 7) is 2.28. The van der Waals surface area contributed by atoms with E-state index in [4.69, 9.17) is 0 Å². The maximum atomic E-state index is 12.4. The number of pyridine rings is 1. The van der Waals surface area contributed by atoms with Crippen molar-refractivity contribution in [2.24, 2.45) is 11.8 Å². The van der Waals surface area contributed by atoms with Gasteiger partial charge in [0.15, 0.2) is 0 Å². The van der Waals surface area contributed by atoms with Gasteiger partial charge in [0.05, 0.1) is 6.04 Å². The molecule has 1 aromatic heterocycles. The number of carbonyl (C=O) groups excluding carboxylic acids is 1. The molecule has 0 aliphatic heterocycles. The zero-order valence-electron chi connectivity index (χ0n) is 13.4. The smallest absolute Gasteiger partial charge is 0.248 e. The molecule has 4 heteroatoms. The minimum atomic E-state index is -0.0539. The van der Waals surface area contributed by atoms with Crippen molar-refractivity contribution >= 4 is 5.91 Å². The van der Waals surface area contributed by atoms with E-state index in [1.54, 1.807) is 6.07 Å². The molecule has 3 unspecified atom stereocenters. The fourth-order valence-electron chi connectivity index (χ4n) is 4.04. The molecule has 0 saturated heterocycles. The van der Waals surface area contributed by atoms with Crippen LogP contribution in [0, 0.1) is 11.8 Å². The number of aryl methyl sites for hydroxylation is 1. The quantitative estimate of drug-likeness (QED) is 0.901. The zero-order valence-corrected chi connectivity index (χ0v) is 13.4. The van der Waals surface area contributed by atoms with Crippen LogP contribution in [0.1, 0.15) is 69.2 Å². The number of aromatic nitrogens is 1. The molecule has 4 nitrogen and oxygen atoms in total. The third kappa shape index (κ3) is 3.42. The number of fused-ring (bicyclic) bond motifs is 1. The lowest BCUT2D eigenvalue weighted by atomic mass is 9.78. The van der Waals surface area contributed by atoms with Gasteiger partial charge in [-0.15, -0.1) is 0 Å². The van der Waals surface area contributed by atoms with E-state index < -0.39 is 0 Å². The Bertz CT molecular complexity index is 593. The Morgan fingerprint density at radius 3 is 2.86 bits per heavy atom. The third-order valence-electron chi connectivity index (χ3n) is 5.40. The first-order valence-corrected chi connectivity index (χ1v) is 8.65. The molecule has 2 aliphatic carbocycles. The lowest BCUT2D eigenvalue weighted by molar-refractivity contribution is -0.123. The molecule has 0 spiro atoms. The van der Waals surface area contributed by atoms with Gasteiger partial charge in [0.25, 0.3) is 0 Å². The maximum absolute atomic E-state index is 12.4. The summed E-state index contributed by atoms with van der Waals surface area (Å²) in [6.07, 6.45) is 8.53. The Hall–Kier alpha value is -1.58. The average molecular weight is 302 g/mol. The Balaban J connectivity index is 1.64. The van der Waals surface area contributed by atoms with E-state index in [2.05, 4.69) is 17.2 Å². The van der Waals surface area contributed by atoms with Crippen LogP contribution in [0.3, 0.4) is 0 Å². The van der Waals surface area contributed by atoms with Gasteiger partial charge in [-0.05, 0) is 49.1 Å². The highest BCUT2D eigenvalue weighted by Crippen LogP contribution is 2.33. The number of H-pyrrole nitrogens is 1. The molecule has 1 fully saturated rings. The van der Waals surface area contributed by atoms with Crippen LogP contribution < -0.4 is 10.9 Å². The van der Waals surface area contributed by atoms with E-state index in [-0.39, 0.29) is 17.5 Å². The van der Waals surface area contributed by atoms with E-state index in [0.29, 0.717) is 18.3 Å². The first-order chi connectivity index (χ1) is 10.6. The second kappa shape index (κ2) is 6.67. The molecule has 1 amide bonds. The van der Waals surface area contributed by atoms with E-state index in [1.165, 1.54) is 25.7 Å². The molecule has 1 saturated carbocycles. The van der Waals surface area contributed by atoms with Gasteiger partial charge in [0.2, 0.25) is 11.5 Å². The summed E-state index contributed by atoms with van der Waals surface area (Å²) in [5.41, 5.74) is 2.03. The van der Waals surface area contributed by atoms with Gasteiger partial charge in [-0.25, -0.2) is 0 Å². The van der Waals surface area contributed by atoms with Crippen molar-refractivity contribution in [3.05, 3.63) is 33.7 Å². The molecule has 3 atom stereocenters. The summed E-state index contributed by atoms with van der Waals surface area (Å²) in [6, 6.07) is 3.50. The predicted octanol–water partition coefficient (Wildman–Crippen LogP) is 3.08. The number of aromatic amines is 1. The van der Waals surface area contributed by atoms with Gasteiger partial charge in [-0.2, -0.15) is 0 Å². The summed E-state index contributed by atoms with van der Waals surface area (Å²) in [5.74, 6) is 1.37. The van der Waals surface area contributed by atoms with Crippen LogP contribution >= 0.6 is 0 Å². The summed E-state index contributed by atoms with van der Waals surface area (Å²) >= 11 is 0. The van der Waals surface area contributed by atoms with Gasteiger partial charge in [-0.3, -0.25) is 9.59 Å². The third-order valence-corrected chi connectivity index (χ3v) is 5.40. The van der Waals surface area contributed by atoms with Crippen LogP contribution in [-0.4, -0.2) is 10.9 Å². The maximum Gasteiger partial charge on any atom is 0.248 e. The molecule has 0 aromatic carbocycles. The van der Waals surface area contributed by atoms with Gasteiger partial charge in [0, 0.05) is 18.2 Å². The minimum absolute atomic E-state index is 0.0539. The lowest BCUT2D eigenvalue weighted by Crippen LogP contribution is -2.34. The van der Waals surface area contributed by atoms with Crippen molar-refractivity contribution in [1.29, 1.82) is 0 Å². The predicted molar refractivity (Wildman–Crippen MR) is 86.6 cm³/mol. The van der Waals surface area contributed by atoms with Crippen molar-refractivity contribution in [3.63, 3.8) is 0 Å². The average Bonchev–Trinajstić information content (AvgIpc) is 2.49. The van der Waals surface area contributed by atoms with E-state index in [1.807, 2.05) is 6.07 Å². The largest absolute Gasteiger partial charge is 0.349 e. The fraction of sp³-hybridized carbons (Fsp3) is 0.667. The highest BCUT2D eigenvalue weighted by Gasteiger charge is 2.26. The van der Waals surface area contributed by atoms with Crippen molar-refractivity contribution in [1.82, 2.24) is 10.3 Å². The van der Waals surface area contributed by atoms with Crippen LogP contribution in [0.2, 0.25) is 0 Å². The molecule has 2 N–H and O–H groups in total. The highest BCUT2D eigenvalue weighted by molar-refractivity contribution is 5.76. The first kappa shape index (κ1) is 15.3. The SMILES string of the molecule is CC1CCCCC1CC(=O)NC1CCCc2[nH]c(=O)ccc21. The van der Waals surface area contributed by atoms with Gasteiger partial charge in [-0.1, -0.05) is 26.2 Å². The standard InChI is InChI=1S/C18H26N2O2/c1-12-5-2-3-6-13(12)11-18(22)20-16-8-4-7-15-14(16)9-10-17(21)19-15/h9-10,12-13,16H,2-8,11H2,1H3,(H,19,21)(H,20,22). The first-order valence-electron chi connectivity index (χ1n) is 8.65. The molecule has 2 aliphatic rings. The fourth-order valence-corrected chi connectivity index (χ4v) is 4.04. The second-order valence-corrected chi connectivity index (χ2v) is 6.99. The number of hydrogen-bond acceptors (Lipinski definition) is 2. The topological polar surface area (TPSA) is 62.0 Å². The summed E-state index contributed by atoms with van der Waals surface area (Å²) in [7, 11) is 0. The number of nitrogens with one attached hydrogen (secondary N) is 2. The number of hydrogen-bond donors (Lipinski definition) is 2. The summed E-state index contributed by atoms with van der Waals surface area (Å²) in [4.78, 5) is 26.8. The highest BCUT2D eigenvalue weighted by atomic mass is 16.1. The number of carbonyl (C=O) groups is 1. The number of rotatable bonds is 3. The molecule has 0 bridgehead atoms. The molecule has 22 heavy (non-hydrogen) atoms. The van der Waals surface area contributed by atoms with Crippen LogP contribution in [0.15, 0.2) is 16.9 Å². The van der Waals surface area contributed by atoms with Crippen molar-refractivity contribution in [2.75, 3.05) is 0 Å². The molecule has 1 aromatic rings.